The summed E-state index contributed by atoms with van der Waals surface area (Å²) in [5.41, 5.74) is 1.69. The van der Waals surface area contributed by atoms with Crippen LogP contribution in [0.3, 0.4) is 0 Å². The molecule has 2 aliphatic rings. The van der Waals surface area contributed by atoms with Crippen LogP contribution in [-0.2, 0) is 13.5 Å². The second-order valence-corrected chi connectivity index (χ2v) is 5.64. The predicted octanol–water partition coefficient (Wildman–Crippen LogP) is -0.288. The molecular weight excluding hydrogens is 254 g/mol. The minimum atomic E-state index is 0.117. The zero-order valence-electron chi connectivity index (χ0n) is 12.3. The summed E-state index contributed by atoms with van der Waals surface area (Å²) in [6, 6.07) is 2.60. The average molecular weight is 277 g/mol. The number of piperazine rings is 1. The maximum atomic E-state index is 12.5. The Bertz CT molecular complexity index is 486. The third kappa shape index (κ3) is 2.45. The van der Waals surface area contributed by atoms with E-state index in [2.05, 4.69) is 22.2 Å². The Kier molecular flexibility index (Phi) is 3.76. The molecule has 0 aliphatic carbocycles. The van der Waals surface area contributed by atoms with Crippen molar-refractivity contribution in [3.8, 4) is 0 Å². The molecule has 0 saturated carbocycles. The van der Waals surface area contributed by atoms with Crippen LogP contribution in [0.5, 0.6) is 0 Å². The maximum absolute atomic E-state index is 12.5. The smallest absolute Gasteiger partial charge is 0.272 e. The number of rotatable bonds is 3. The van der Waals surface area contributed by atoms with Gasteiger partial charge in [0.15, 0.2) is 0 Å². The van der Waals surface area contributed by atoms with Crippen LogP contribution in [0.2, 0.25) is 0 Å². The SMILES string of the molecule is CCc1cc(C(=O)N2CCN(C3CNC3)CC2)n(C)n1. The molecule has 0 spiro atoms. The van der Waals surface area contributed by atoms with E-state index >= 15 is 0 Å². The summed E-state index contributed by atoms with van der Waals surface area (Å²) < 4.78 is 1.71. The highest BCUT2D eigenvalue weighted by Crippen LogP contribution is 2.13. The van der Waals surface area contributed by atoms with Crippen molar-refractivity contribution in [3.05, 3.63) is 17.5 Å². The Morgan fingerprint density at radius 3 is 2.55 bits per heavy atom. The van der Waals surface area contributed by atoms with Crippen molar-refractivity contribution in [1.29, 1.82) is 0 Å². The minimum Gasteiger partial charge on any atom is -0.335 e. The Morgan fingerprint density at radius 2 is 2.05 bits per heavy atom. The second kappa shape index (κ2) is 5.54. The first-order valence-electron chi connectivity index (χ1n) is 7.46. The van der Waals surface area contributed by atoms with Crippen LogP contribution in [0, 0.1) is 0 Å². The monoisotopic (exact) mass is 277 g/mol. The lowest BCUT2D eigenvalue weighted by Gasteiger charge is -2.43. The highest BCUT2D eigenvalue weighted by molar-refractivity contribution is 5.92. The third-order valence-electron chi connectivity index (χ3n) is 4.39. The molecule has 110 valence electrons. The first-order chi connectivity index (χ1) is 9.69. The van der Waals surface area contributed by atoms with E-state index in [-0.39, 0.29) is 5.91 Å². The number of nitrogens with zero attached hydrogens (tertiary/aromatic N) is 4. The summed E-state index contributed by atoms with van der Waals surface area (Å²) in [7, 11) is 1.85. The van der Waals surface area contributed by atoms with Crippen molar-refractivity contribution < 1.29 is 4.79 Å². The van der Waals surface area contributed by atoms with Crippen LogP contribution >= 0.6 is 0 Å². The van der Waals surface area contributed by atoms with Crippen LogP contribution in [0.15, 0.2) is 6.07 Å². The summed E-state index contributed by atoms with van der Waals surface area (Å²) in [6.07, 6.45) is 0.865. The molecule has 3 heterocycles. The van der Waals surface area contributed by atoms with Gasteiger partial charge < -0.3 is 10.2 Å². The molecule has 0 unspecified atom stereocenters. The van der Waals surface area contributed by atoms with Gasteiger partial charge in [0.25, 0.3) is 5.91 Å². The van der Waals surface area contributed by atoms with Gasteiger partial charge in [-0.05, 0) is 12.5 Å². The topological polar surface area (TPSA) is 53.4 Å². The van der Waals surface area contributed by atoms with E-state index in [1.807, 2.05) is 18.0 Å². The zero-order chi connectivity index (χ0) is 14.1. The van der Waals surface area contributed by atoms with Gasteiger partial charge in [0.1, 0.15) is 5.69 Å². The molecule has 1 aromatic rings. The molecule has 1 aromatic heterocycles. The fourth-order valence-electron chi connectivity index (χ4n) is 2.88. The maximum Gasteiger partial charge on any atom is 0.272 e. The van der Waals surface area contributed by atoms with E-state index in [0.717, 1.165) is 51.4 Å². The number of hydrogen-bond acceptors (Lipinski definition) is 4. The van der Waals surface area contributed by atoms with Crippen LogP contribution in [0.1, 0.15) is 23.1 Å². The van der Waals surface area contributed by atoms with Crippen molar-refractivity contribution in [1.82, 2.24) is 24.9 Å². The Labute approximate surface area is 119 Å². The van der Waals surface area contributed by atoms with E-state index < -0.39 is 0 Å². The molecule has 0 radical (unpaired) electrons. The molecule has 0 bridgehead atoms. The molecule has 0 aromatic carbocycles. The normalized spacial score (nSPS) is 21.0. The number of carbonyl (C=O) groups is 1. The van der Waals surface area contributed by atoms with E-state index in [1.54, 1.807) is 4.68 Å². The van der Waals surface area contributed by atoms with Gasteiger partial charge in [0.2, 0.25) is 0 Å². The first-order valence-corrected chi connectivity index (χ1v) is 7.46. The number of hydrogen-bond donors (Lipinski definition) is 1. The van der Waals surface area contributed by atoms with E-state index in [4.69, 9.17) is 0 Å². The fraction of sp³-hybridized carbons (Fsp3) is 0.714. The van der Waals surface area contributed by atoms with Crippen LogP contribution in [-0.4, -0.2) is 70.8 Å². The van der Waals surface area contributed by atoms with Gasteiger partial charge in [-0.3, -0.25) is 14.4 Å². The second-order valence-electron chi connectivity index (χ2n) is 5.64. The summed E-state index contributed by atoms with van der Waals surface area (Å²) in [4.78, 5) is 17.0. The Balaban J connectivity index is 1.61. The lowest BCUT2D eigenvalue weighted by atomic mass is 10.1. The summed E-state index contributed by atoms with van der Waals surface area (Å²) in [5, 5.41) is 7.66. The number of aryl methyl sites for hydroxylation is 2. The van der Waals surface area contributed by atoms with Crippen molar-refractivity contribution in [2.24, 2.45) is 7.05 Å². The van der Waals surface area contributed by atoms with E-state index in [1.165, 1.54) is 0 Å². The summed E-state index contributed by atoms with van der Waals surface area (Å²) in [5.74, 6) is 0.117. The zero-order valence-corrected chi connectivity index (χ0v) is 12.3. The van der Waals surface area contributed by atoms with Crippen molar-refractivity contribution in [2.75, 3.05) is 39.3 Å². The van der Waals surface area contributed by atoms with Gasteiger partial charge in [-0.25, -0.2) is 0 Å². The third-order valence-corrected chi connectivity index (χ3v) is 4.39. The molecular formula is C14H23N5O. The number of nitrogens with one attached hydrogen (secondary N) is 1. The Morgan fingerprint density at radius 1 is 1.35 bits per heavy atom. The van der Waals surface area contributed by atoms with Crippen molar-refractivity contribution >= 4 is 5.91 Å². The van der Waals surface area contributed by atoms with Gasteiger partial charge in [0.05, 0.1) is 5.69 Å². The Hall–Kier alpha value is -1.40. The molecule has 20 heavy (non-hydrogen) atoms. The van der Waals surface area contributed by atoms with Crippen molar-refractivity contribution in [2.45, 2.75) is 19.4 Å². The van der Waals surface area contributed by atoms with Gasteiger partial charge in [-0.1, -0.05) is 6.92 Å². The lowest BCUT2D eigenvalue weighted by Crippen LogP contribution is -2.62. The number of aromatic nitrogens is 2. The first kappa shape index (κ1) is 13.6. The van der Waals surface area contributed by atoms with E-state index in [0.29, 0.717) is 11.7 Å². The predicted molar refractivity (Wildman–Crippen MR) is 76.7 cm³/mol. The molecule has 6 heteroatoms. The molecule has 1 N–H and O–H groups in total. The van der Waals surface area contributed by atoms with Gasteiger partial charge in [-0.15, -0.1) is 0 Å². The number of amides is 1. The van der Waals surface area contributed by atoms with Gasteiger partial charge in [0, 0.05) is 52.4 Å². The average Bonchev–Trinajstić information content (AvgIpc) is 2.78. The molecule has 2 aliphatic heterocycles. The fourth-order valence-corrected chi connectivity index (χ4v) is 2.88. The summed E-state index contributed by atoms with van der Waals surface area (Å²) >= 11 is 0. The van der Waals surface area contributed by atoms with Crippen LogP contribution in [0.4, 0.5) is 0 Å². The molecule has 2 fully saturated rings. The molecule has 2 saturated heterocycles. The molecule has 0 atom stereocenters. The minimum absolute atomic E-state index is 0.117. The number of carbonyl (C=O) groups excluding carboxylic acids is 1. The van der Waals surface area contributed by atoms with Gasteiger partial charge in [-0.2, -0.15) is 5.10 Å². The molecule has 6 nitrogen and oxygen atoms in total. The van der Waals surface area contributed by atoms with Gasteiger partial charge >= 0.3 is 0 Å². The molecule has 1 amide bonds. The highest BCUT2D eigenvalue weighted by atomic mass is 16.2. The quantitative estimate of drug-likeness (QED) is 0.825. The standard InChI is InChI=1S/C14H23N5O/c1-3-11-8-13(17(2)16-11)14(20)19-6-4-18(5-7-19)12-9-15-10-12/h8,12,15H,3-7,9-10H2,1-2H3. The molecule has 3 rings (SSSR count). The van der Waals surface area contributed by atoms with E-state index in [9.17, 15) is 4.79 Å². The van der Waals surface area contributed by atoms with Crippen LogP contribution in [0.25, 0.3) is 0 Å². The highest BCUT2D eigenvalue weighted by Gasteiger charge is 2.30. The van der Waals surface area contributed by atoms with Crippen LogP contribution < -0.4 is 5.32 Å². The van der Waals surface area contributed by atoms with Crippen molar-refractivity contribution in [3.63, 3.8) is 0 Å². The largest absolute Gasteiger partial charge is 0.335 e. The lowest BCUT2D eigenvalue weighted by molar-refractivity contribution is 0.0493. The summed E-state index contributed by atoms with van der Waals surface area (Å²) in [6.45, 7) is 7.85.